The van der Waals surface area contributed by atoms with Crippen LogP contribution >= 0.6 is 0 Å². The third-order valence-corrected chi connectivity index (χ3v) is 5.37. The number of para-hydroxylation sites is 1. The molecule has 0 aromatic heterocycles. The summed E-state index contributed by atoms with van der Waals surface area (Å²) in [5, 5.41) is 10.7. The Labute approximate surface area is 135 Å². The molecule has 1 aromatic carbocycles. The van der Waals surface area contributed by atoms with Gasteiger partial charge in [-0.2, -0.15) is 0 Å². The zero-order chi connectivity index (χ0) is 16.1. The summed E-state index contributed by atoms with van der Waals surface area (Å²) >= 11 is 0. The average molecular weight is 301 g/mol. The second kappa shape index (κ2) is 7.80. The van der Waals surface area contributed by atoms with Crippen LogP contribution in [0, 0.1) is 11.8 Å². The molecule has 2 unspecified atom stereocenters. The van der Waals surface area contributed by atoms with Crippen molar-refractivity contribution in [2.24, 2.45) is 16.8 Å². The lowest BCUT2D eigenvalue weighted by molar-refractivity contribution is 0.244. The Hall–Kier alpha value is -1.31. The highest BCUT2D eigenvalue weighted by atomic mass is 16.3. The van der Waals surface area contributed by atoms with E-state index in [1.807, 2.05) is 12.3 Å². The number of aromatic hydroxyl groups is 1. The van der Waals surface area contributed by atoms with E-state index in [9.17, 15) is 5.11 Å². The van der Waals surface area contributed by atoms with Crippen LogP contribution in [-0.4, -0.2) is 17.4 Å². The van der Waals surface area contributed by atoms with Crippen LogP contribution in [0.4, 0.5) is 0 Å². The second-order valence-corrected chi connectivity index (χ2v) is 6.94. The van der Waals surface area contributed by atoms with E-state index in [2.05, 4.69) is 44.8 Å². The summed E-state index contributed by atoms with van der Waals surface area (Å²) in [7, 11) is 0. The van der Waals surface area contributed by atoms with Crippen molar-refractivity contribution in [3.05, 3.63) is 29.3 Å². The Balaban J connectivity index is 2.29. The number of phenols is 1. The molecule has 122 valence electrons. The van der Waals surface area contributed by atoms with Gasteiger partial charge in [0.05, 0.1) is 0 Å². The summed E-state index contributed by atoms with van der Waals surface area (Å²) in [6.45, 7) is 8.97. The highest BCUT2D eigenvalue weighted by molar-refractivity contribution is 5.84. The summed E-state index contributed by atoms with van der Waals surface area (Å²) in [5.74, 6) is 2.19. The molecular weight excluding hydrogens is 270 g/mol. The van der Waals surface area contributed by atoms with Crippen molar-refractivity contribution in [3.8, 4) is 5.75 Å². The lowest BCUT2D eigenvalue weighted by Crippen LogP contribution is -2.23. The molecule has 1 saturated carbocycles. The average Bonchev–Trinajstić information content (AvgIpc) is 2.51. The number of rotatable bonds is 5. The first-order valence-electron chi connectivity index (χ1n) is 8.93. The Morgan fingerprint density at radius 3 is 2.41 bits per heavy atom. The Bertz CT molecular complexity index is 494. The minimum Gasteiger partial charge on any atom is -0.507 e. The molecule has 1 aliphatic rings. The lowest BCUT2D eigenvalue weighted by Gasteiger charge is -2.35. The van der Waals surface area contributed by atoms with Crippen molar-refractivity contribution in [2.45, 2.75) is 71.8 Å². The maximum Gasteiger partial charge on any atom is 0.127 e. The van der Waals surface area contributed by atoms with Gasteiger partial charge in [-0.25, -0.2) is 0 Å². The van der Waals surface area contributed by atoms with Gasteiger partial charge in [-0.15, -0.1) is 0 Å². The Morgan fingerprint density at radius 1 is 1.18 bits per heavy atom. The third kappa shape index (κ3) is 3.71. The first kappa shape index (κ1) is 17.1. The molecule has 0 saturated heterocycles. The molecule has 1 aromatic rings. The molecule has 2 nitrogen and oxygen atoms in total. The minimum atomic E-state index is 0.357. The summed E-state index contributed by atoms with van der Waals surface area (Å²) < 4.78 is 0. The fourth-order valence-corrected chi connectivity index (χ4v) is 3.93. The van der Waals surface area contributed by atoms with Gasteiger partial charge >= 0.3 is 0 Å². The van der Waals surface area contributed by atoms with Crippen molar-refractivity contribution >= 4 is 6.21 Å². The fourth-order valence-electron chi connectivity index (χ4n) is 3.93. The quantitative estimate of drug-likeness (QED) is 0.712. The summed E-state index contributed by atoms with van der Waals surface area (Å²) in [5.41, 5.74) is 1.99. The first-order valence-corrected chi connectivity index (χ1v) is 8.93. The molecule has 0 heterocycles. The highest BCUT2D eigenvalue weighted by Gasteiger charge is 2.31. The molecule has 0 amide bonds. The number of nitrogens with zero attached hydrogens (tertiary/aromatic N) is 1. The molecule has 0 bridgehead atoms. The molecular formula is C20H31NO. The van der Waals surface area contributed by atoms with Crippen LogP contribution in [0.5, 0.6) is 5.75 Å². The molecule has 22 heavy (non-hydrogen) atoms. The number of phenolic OH excluding ortho intramolecular Hbond substituents is 1. The fraction of sp³-hybridized carbons (Fsp3) is 0.650. The maximum absolute atomic E-state index is 10.7. The normalized spacial score (nSPS) is 26.0. The molecule has 2 rings (SSSR count). The van der Waals surface area contributed by atoms with Crippen molar-refractivity contribution in [1.82, 2.24) is 0 Å². The first-order chi connectivity index (χ1) is 10.6. The summed E-state index contributed by atoms with van der Waals surface area (Å²) in [4.78, 5) is 4.63. The number of hydrogen-bond donors (Lipinski definition) is 1. The van der Waals surface area contributed by atoms with Gasteiger partial charge in [0.25, 0.3) is 0 Å². The van der Waals surface area contributed by atoms with Gasteiger partial charge in [0, 0.05) is 17.8 Å². The Morgan fingerprint density at radius 2 is 1.82 bits per heavy atom. The van der Waals surface area contributed by atoms with Crippen LogP contribution in [0.3, 0.4) is 0 Å². The number of benzene rings is 1. The van der Waals surface area contributed by atoms with E-state index in [0.717, 1.165) is 24.0 Å². The molecule has 1 fully saturated rings. The van der Waals surface area contributed by atoms with Gasteiger partial charge in [0.15, 0.2) is 0 Å². The van der Waals surface area contributed by atoms with Crippen molar-refractivity contribution in [1.29, 1.82) is 0 Å². The summed E-state index contributed by atoms with van der Waals surface area (Å²) in [6.07, 6.45) is 7.80. The number of aliphatic imine (C=N–C) groups is 1. The van der Waals surface area contributed by atoms with Crippen molar-refractivity contribution in [3.63, 3.8) is 0 Å². The monoisotopic (exact) mass is 301 g/mol. The van der Waals surface area contributed by atoms with E-state index in [4.69, 9.17) is 0 Å². The topological polar surface area (TPSA) is 32.6 Å². The minimum absolute atomic E-state index is 0.357. The number of hydrogen-bond acceptors (Lipinski definition) is 2. The van der Waals surface area contributed by atoms with Gasteiger partial charge in [-0.3, -0.25) is 4.99 Å². The predicted octanol–water partition coefficient (Wildman–Crippen LogP) is 5.54. The molecule has 2 heteroatoms. The van der Waals surface area contributed by atoms with Gasteiger partial charge < -0.3 is 5.11 Å². The van der Waals surface area contributed by atoms with E-state index in [-0.39, 0.29) is 0 Å². The van der Waals surface area contributed by atoms with Crippen LogP contribution in [0.15, 0.2) is 23.2 Å². The molecule has 0 radical (unpaired) electrons. The van der Waals surface area contributed by atoms with E-state index in [0.29, 0.717) is 29.5 Å². The van der Waals surface area contributed by atoms with E-state index in [1.54, 1.807) is 0 Å². The van der Waals surface area contributed by atoms with Crippen LogP contribution in [-0.2, 0) is 0 Å². The van der Waals surface area contributed by atoms with Gasteiger partial charge in [0.2, 0.25) is 0 Å². The predicted molar refractivity (Wildman–Crippen MR) is 95.0 cm³/mol. The van der Waals surface area contributed by atoms with E-state index >= 15 is 0 Å². The standard InChI is InChI=1S/C20H31NO/c1-5-17(6-2)21-13-16-11-8-12-18(20(16)22)19-14(3)9-7-10-15(19)4/h8,11-15,17,19,22H,5-7,9-10H2,1-4H3. The molecule has 1 N–H and O–H groups in total. The van der Waals surface area contributed by atoms with Gasteiger partial charge in [-0.1, -0.05) is 59.1 Å². The molecule has 0 spiro atoms. The zero-order valence-electron chi connectivity index (χ0n) is 14.5. The maximum atomic E-state index is 10.7. The van der Waals surface area contributed by atoms with Gasteiger partial charge in [-0.05, 0) is 42.2 Å². The molecule has 0 aliphatic heterocycles. The SMILES string of the molecule is CCC(CC)N=Cc1cccc(C2C(C)CCCC2C)c1O. The van der Waals surface area contributed by atoms with E-state index < -0.39 is 0 Å². The second-order valence-electron chi connectivity index (χ2n) is 6.94. The zero-order valence-corrected chi connectivity index (χ0v) is 14.5. The van der Waals surface area contributed by atoms with Crippen LogP contribution < -0.4 is 0 Å². The smallest absolute Gasteiger partial charge is 0.127 e. The van der Waals surface area contributed by atoms with Gasteiger partial charge in [0.1, 0.15) is 5.75 Å². The van der Waals surface area contributed by atoms with Crippen LogP contribution in [0.1, 0.15) is 76.8 Å². The van der Waals surface area contributed by atoms with Crippen molar-refractivity contribution < 1.29 is 5.11 Å². The Kier molecular flexibility index (Phi) is 6.05. The largest absolute Gasteiger partial charge is 0.507 e. The summed E-state index contributed by atoms with van der Waals surface area (Å²) in [6, 6.07) is 6.50. The molecule has 1 aliphatic carbocycles. The highest BCUT2D eigenvalue weighted by Crippen LogP contribution is 2.44. The molecule has 2 atom stereocenters. The lowest BCUT2D eigenvalue weighted by atomic mass is 9.70. The van der Waals surface area contributed by atoms with E-state index in [1.165, 1.54) is 19.3 Å². The van der Waals surface area contributed by atoms with Crippen molar-refractivity contribution in [2.75, 3.05) is 0 Å². The third-order valence-electron chi connectivity index (χ3n) is 5.37. The van der Waals surface area contributed by atoms with Crippen LogP contribution in [0.25, 0.3) is 0 Å². The van der Waals surface area contributed by atoms with Crippen LogP contribution in [0.2, 0.25) is 0 Å².